The first-order valence-electron chi connectivity index (χ1n) is 4.59. The number of hydrogen-bond donors (Lipinski definition) is 3. The number of aliphatic hydroxyl groups excluding tert-OH is 2. The fourth-order valence-electron chi connectivity index (χ4n) is 1.46. The minimum Gasteiger partial charge on any atom is -0.395 e. The van der Waals surface area contributed by atoms with Crippen LogP contribution in [0.3, 0.4) is 0 Å². The molecule has 78 valence electrons. The van der Waals surface area contributed by atoms with Crippen LogP contribution in [-0.4, -0.2) is 51.2 Å². The Morgan fingerprint density at radius 3 is 2.31 bits per heavy atom. The first kappa shape index (κ1) is 11.1. The van der Waals surface area contributed by atoms with Crippen molar-refractivity contribution in [2.24, 2.45) is 0 Å². The highest BCUT2D eigenvalue weighted by Gasteiger charge is 2.19. The van der Waals surface area contributed by atoms with Gasteiger partial charge in [0.1, 0.15) is 0 Å². The topological polar surface area (TPSA) is 69.6 Å². The van der Waals surface area contributed by atoms with Crippen molar-refractivity contribution in [3.63, 3.8) is 0 Å². The highest BCUT2D eigenvalue weighted by Crippen LogP contribution is 2.09. The van der Waals surface area contributed by atoms with Crippen LogP contribution in [0.15, 0.2) is 0 Å². The Morgan fingerprint density at radius 2 is 1.85 bits per heavy atom. The summed E-state index contributed by atoms with van der Waals surface area (Å²) in [5, 5.41) is 20.8. The Bertz CT molecular complexity index is 163. The van der Waals surface area contributed by atoms with E-state index in [1.165, 1.54) is 0 Å². The van der Waals surface area contributed by atoms with Crippen LogP contribution in [0.4, 0.5) is 0 Å². The summed E-state index contributed by atoms with van der Waals surface area (Å²) in [4.78, 5) is 0. The van der Waals surface area contributed by atoms with Crippen LogP contribution in [0, 0.1) is 0 Å². The fourth-order valence-corrected chi connectivity index (χ4v) is 2.76. The van der Waals surface area contributed by atoms with E-state index in [0.717, 1.165) is 24.3 Å². The third-order valence-electron chi connectivity index (χ3n) is 2.30. The Morgan fingerprint density at radius 1 is 1.31 bits per heavy atom. The number of hydrogen-bond acceptors (Lipinski definition) is 4. The van der Waals surface area contributed by atoms with E-state index in [9.17, 15) is 4.21 Å². The lowest BCUT2D eigenvalue weighted by molar-refractivity contribution is 0.160. The van der Waals surface area contributed by atoms with Crippen molar-refractivity contribution in [3.05, 3.63) is 0 Å². The number of aliphatic hydroxyl groups is 2. The second-order valence-electron chi connectivity index (χ2n) is 3.35. The van der Waals surface area contributed by atoms with Crippen molar-refractivity contribution in [1.29, 1.82) is 0 Å². The van der Waals surface area contributed by atoms with Gasteiger partial charge in [0.05, 0.1) is 19.3 Å². The summed E-state index contributed by atoms with van der Waals surface area (Å²) in [6.07, 6.45) is 1.76. The van der Waals surface area contributed by atoms with E-state index in [0.29, 0.717) is 6.04 Å². The highest BCUT2D eigenvalue weighted by atomic mass is 32.2. The molecule has 3 N–H and O–H groups in total. The molecule has 0 aromatic heterocycles. The van der Waals surface area contributed by atoms with Crippen molar-refractivity contribution in [2.75, 3.05) is 24.7 Å². The van der Waals surface area contributed by atoms with E-state index < -0.39 is 10.8 Å². The molecule has 0 spiro atoms. The summed E-state index contributed by atoms with van der Waals surface area (Å²) in [6, 6.07) is 0.0820. The van der Waals surface area contributed by atoms with Crippen molar-refractivity contribution < 1.29 is 14.4 Å². The lowest BCUT2D eigenvalue weighted by Crippen LogP contribution is -2.45. The lowest BCUT2D eigenvalue weighted by Gasteiger charge is -2.26. The van der Waals surface area contributed by atoms with Crippen LogP contribution in [-0.2, 0) is 10.8 Å². The van der Waals surface area contributed by atoms with Gasteiger partial charge in [0, 0.05) is 28.3 Å². The molecule has 4 nitrogen and oxygen atoms in total. The fraction of sp³-hybridized carbons (Fsp3) is 1.00. The molecule has 0 aromatic carbocycles. The minimum atomic E-state index is -0.645. The molecule has 1 aliphatic heterocycles. The van der Waals surface area contributed by atoms with Gasteiger partial charge in [-0.2, -0.15) is 0 Å². The van der Waals surface area contributed by atoms with Gasteiger partial charge in [-0.3, -0.25) is 4.21 Å². The smallest absolute Gasteiger partial charge is 0.0607 e. The van der Waals surface area contributed by atoms with Crippen molar-refractivity contribution in [1.82, 2.24) is 5.32 Å². The van der Waals surface area contributed by atoms with Gasteiger partial charge in [0.25, 0.3) is 0 Å². The molecule has 0 atom stereocenters. The van der Waals surface area contributed by atoms with Gasteiger partial charge in [0.15, 0.2) is 0 Å². The van der Waals surface area contributed by atoms with E-state index in [4.69, 9.17) is 10.2 Å². The zero-order valence-electron chi connectivity index (χ0n) is 7.61. The highest BCUT2D eigenvalue weighted by molar-refractivity contribution is 7.85. The minimum absolute atomic E-state index is 0.0455. The van der Waals surface area contributed by atoms with Crippen LogP contribution in [0.1, 0.15) is 12.8 Å². The Balaban J connectivity index is 2.24. The summed E-state index contributed by atoms with van der Waals surface area (Å²) in [5.74, 6) is 1.47. The molecule has 1 saturated heterocycles. The van der Waals surface area contributed by atoms with E-state index >= 15 is 0 Å². The van der Waals surface area contributed by atoms with E-state index in [2.05, 4.69) is 5.32 Å². The maximum absolute atomic E-state index is 11.0. The Labute approximate surface area is 80.8 Å². The second kappa shape index (κ2) is 5.70. The van der Waals surface area contributed by atoms with E-state index in [-0.39, 0.29) is 19.3 Å². The van der Waals surface area contributed by atoms with Crippen LogP contribution >= 0.6 is 0 Å². The molecule has 0 aliphatic carbocycles. The number of rotatable bonds is 4. The molecule has 0 saturated carbocycles. The van der Waals surface area contributed by atoms with Gasteiger partial charge in [-0.15, -0.1) is 0 Å². The maximum Gasteiger partial charge on any atom is 0.0607 e. The Hall–Kier alpha value is 0.0300. The van der Waals surface area contributed by atoms with Crippen LogP contribution in [0.5, 0.6) is 0 Å². The first-order chi connectivity index (χ1) is 6.26. The third kappa shape index (κ3) is 3.72. The van der Waals surface area contributed by atoms with E-state index in [1.807, 2.05) is 0 Å². The predicted octanol–water partition coefficient (Wildman–Crippen LogP) is -1.16. The predicted molar refractivity (Wildman–Crippen MR) is 52.0 cm³/mol. The van der Waals surface area contributed by atoms with Gasteiger partial charge < -0.3 is 15.5 Å². The summed E-state index contributed by atoms with van der Waals surface area (Å²) in [5.41, 5.74) is 0. The van der Waals surface area contributed by atoms with Crippen LogP contribution in [0.2, 0.25) is 0 Å². The summed E-state index contributed by atoms with van der Waals surface area (Å²) in [7, 11) is -0.645. The van der Waals surface area contributed by atoms with Crippen molar-refractivity contribution >= 4 is 10.8 Å². The molecule has 0 bridgehead atoms. The molecule has 0 amide bonds. The van der Waals surface area contributed by atoms with Gasteiger partial charge in [-0.1, -0.05) is 0 Å². The molecule has 0 radical (unpaired) electrons. The van der Waals surface area contributed by atoms with Crippen LogP contribution < -0.4 is 5.32 Å². The van der Waals surface area contributed by atoms with Gasteiger partial charge in [-0.25, -0.2) is 0 Å². The zero-order chi connectivity index (χ0) is 9.68. The molecule has 1 aliphatic rings. The molecule has 13 heavy (non-hydrogen) atoms. The molecule has 1 rings (SSSR count). The number of nitrogens with one attached hydrogen (secondary N) is 1. The molecule has 5 heteroatoms. The molecule has 1 heterocycles. The molecule has 0 unspecified atom stereocenters. The van der Waals surface area contributed by atoms with Gasteiger partial charge in [0.2, 0.25) is 0 Å². The molecule has 0 aromatic rings. The molecule has 1 fully saturated rings. The van der Waals surface area contributed by atoms with Crippen LogP contribution in [0.25, 0.3) is 0 Å². The Kier molecular flexibility index (Phi) is 4.87. The monoisotopic (exact) mass is 207 g/mol. The maximum atomic E-state index is 11.0. The van der Waals surface area contributed by atoms with Gasteiger partial charge in [-0.05, 0) is 12.8 Å². The largest absolute Gasteiger partial charge is 0.395 e. The van der Waals surface area contributed by atoms with Crippen molar-refractivity contribution in [2.45, 2.75) is 24.9 Å². The molecular weight excluding hydrogens is 190 g/mol. The summed E-state index contributed by atoms with van der Waals surface area (Å²) >= 11 is 0. The van der Waals surface area contributed by atoms with Crippen molar-refractivity contribution in [3.8, 4) is 0 Å². The molecular formula is C8H17NO3S. The average molecular weight is 207 g/mol. The second-order valence-corrected chi connectivity index (χ2v) is 5.05. The quantitative estimate of drug-likeness (QED) is 0.544. The van der Waals surface area contributed by atoms with Gasteiger partial charge >= 0.3 is 0 Å². The normalized spacial score (nSPS) is 29.5. The third-order valence-corrected chi connectivity index (χ3v) is 3.68. The summed E-state index contributed by atoms with van der Waals surface area (Å²) in [6.45, 7) is -0.0911. The first-order valence-corrected chi connectivity index (χ1v) is 6.07. The summed E-state index contributed by atoms with van der Waals surface area (Å²) < 4.78 is 11.0. The standard InChI is InChI=1S/C8H17NO3S/c10-5-8(6-11)9-7-1-3-13(12)4-2-7/h7-11H,1-6H2. The zero-order valence-corrected chi connectivity index (χ0v) is 8.42. The van der Waals surface area contributed by atoms with E-state index in [1.54, 1.807) is 0 Å². The average Bonchev–Trinajstić information content (AvgIpc) is 2.17. The lowest BCUT2D eigenvalue weighted by atomic mass is 10.1. The SMILES string of the molecule is O=S1CCC(NC(CO)CO)CC1.